The average Bonchev–Trinajstić information content (AvgIpc) is 2.28. The molecule has 5 nitrogen and oxygen atoms in total. The van der Waals surface area contributed by atoms with Gasteiger partial charge in [0.05, 0.1) is 0 Å². The Morgan fingerprint density at radius 1 is 1.69 bits per heavy atom. The first-order valence-corrected chi connectivity index (χ1v) is 6.35. The molecule has 0 amide bonds. The van der Waals surface area contributed by atoms with Crippen molar-refractivity contribution < 1.29 is 0 Å². The van der Waals surface area contributed by atoms with Crippen molar-refractivity contribution in [3.63, 3.8) is 0 Å². The lowest BCUT2D eigenvalue weighted by Gasteiger charge is -2.24. The van der Waals surface area contributed by atoms with Crippen molar-refractivity contribution in [1.82, 2.24) is 9.97 Å². The van der Waals surface area contributed by atoms with E-state index in [2.05, 4.69) is 23.1 Å². The van der Waals surface area contributed by atoms with Crippen LogP contribution in [0.25, 0.3) is 0 Å². The molecule has 16 heavy (non-hydrogen) atoms. The van der Waals surface area contributed by atoms with Gasteiger partial charge in [-0.3, -0.25) is 5.41 Å². The van der Waals surface area contributed by atoms with Crippen molar-refractivity contribution in [3.05, 3.63) is 18.0 Å². The van der Waals surface area contributed by atoms with Crippen LogP contribution in [0.5, 0.6) is 0 Å². The smallest absolute Gasteiger partial charge is 0.225 e. The van der Waals surface area contributed by atoms with Gasteiger partial charge in [-0.15, -0.1) is 0 Å². The number of rotatable bonds is 5. The van der Waals surface area contributed by atoms with Crippen molar-refractivity contribution in [3.8, 4) is 0 Å². The molecule has 0 aromatic carbocycles. The Bertz CT molecular complexity index is 368. The maximum atomic E-state index is 7.33. The highest BCUT2D eigenvalue weighted by atomic mass is 32.2. The highest BCUT2D eigenvalue weighted by Gasteiger charge is 2.12. The van der Waals surface area contributed by atoms with Gasteiger partial charge in [0, 0.05) is 25.0 Å². The predicted octanol–water partition coefficient (Wildman–Crippen LogP) is 0.948. The zero-order valence-electron chi connectivity index (χ0n) is 9.77. The summed E-state index contributed by atoms with van der Waals surface area (Å²) in [6.07, 6.45) is 3.69. The van der Waals surface area contributed by atoms with Crippen LogP contribution in [0.15, 0.2) is 12.3 Å². The van der Waals surface area contributed by atoms with Gasteiger partial charge in [0.25, 0.3) is 0 Å². The molecule has 1 atom stereocenters. The second-order valence-corrected chi connectivity index (χ2v) is 4.48. The van der Waals surface area contributed by atoms with Crippen LogP contribution in [0.1, 0.15) is 12.6 Å². The number of nitrogens with zero attached hydrogens (tertiary/aromatic N) is 3. The Kier molecular flexibility index (Phi) is 4.54. The molecule has 0 aliphatic carbocycles. The molecule has 6 heteroatoms. The molecule has 1 rings (SSSR count). The Labute approximate surface area is 100.0 Å². The minimum absolute atomic E-state index is 0.0328. The molecule has 88 valence electrons. The lowest BCUT2D eigenvalue weighted by atomic mass is 10.3. The normalized spacial score (nSPS) is 12.2. The number of anilines is 1. The molecule has 0 fully saturated rings. The second kappa shape index (κ2) is 5.69. The largest absolute Gasteiger partial charge is 0.382 e. The number of thioether (sulfide) groups is 1. The van der Waals surface area contributed by atoms with Gasteiger partial charge in [0.2, 0.25) is 5.95 Å². The van der Waals surface area contributed by atoms with Crippen LogP contribution in [0, 0.1) is 5.41 Å². The Morgan fingerprint density at radius 3 is 2.94 bits per heavy atom. The molecule has 0 bridgehead atoms. The van der Waals surface area contributed by atoms with Crippen LogP contribution < -0.4 is 10.6 Å². The summed E-state index contributed by atoms with van der Waals surface area (Å²) in [4.78, 5) is 10.4. The number of amidine groups is 1. The van der Waals surface area contributed by atoms with Gasteiger partial charge in [-0.1, -0.05) is 0 Å². The van der Waals surface area contributed by atoms with Crippen molar-refractivity contribution in [2.45, 2.75) is 13.0 Å². The zero-order chi connectivity index (χ0) is 12.1. The first-order chi connectivity index (χ1) is 7.56. The number of nitrogen functional groups attached to an aromatic ring is 1. The van der Waals surface area contributed by atoms with Gasteiger partial charge in [-0.05, 0) is 19.2 Å². The van der Waals surface area contributed by atoms with E-state index in [0.29, 0.717) is 17.7 Å². The first kappa shape index (κ1) is 12.8. The van der Waals surface area contributed by atoms with E-state index >= 15 is 0 Å². The third-order valence-electron chi connectivity index (χ3n) is 2.30. The van der Waals surface area contributed by atoms with Crippen LogP contribution in [0.3, 0.4) is 0 Å². The highest BCUT2D eigenvalue weighted by molar-refractivity contribution is 7.98. The Morgan fingerprint density at radius 2 is 2.38 bits per heavy atom. The molecule has 0 aliphatic heterocycles. The molecule has 1 unspecified atom stereocenters. The fourth-order valence-electron chi connectivity index (χ4n) is 1.22. The monoisotopic (exact) mass is 239 g/mol. The predicted molar refractivity (Wildman–Crippen MR) is 69.3 cm³/mol. The summed E-state index contributed by atoms with van der Waals surface area (Å²) >= 11 is 1.78. The van der Waals surface area contributed by atoms with Gasteiger partial charge >= 0.3 is 0 Å². The van der Waals surface area contributed by atoms with Crippen LogP contribution in [0.2, 0.25) is 0 Å². The molecule has 0 saturated heterocycles. The highest BCUT2D eigenvalue weighted by Crippen LogP contribution is 2.11. The van der Waals surface area contributed by atoms with Crippen molar-refractivity contribution in [2.24, 2.45) is 5.73 Å². The fraction of sp³-hybridized carbons (Fsp3) is 0.500. The molecule has 0 aliphatic rings. The summed E-state index contributed by atoms with van der Waals surface area (Å²) in [6, 6.07) is 1.98. The van der Waals surface area contributed by atoms with E-state index in [1.165, 1.54) is 0 Å². The minimum Gasteiger partial charge on any atom is -0.382 e. The van der Waals surface area contributed by atoms with E-state index < -0.39 is 0 Å². The maximum Gasteiger partial charge on any atom is 0.225 e. The standard InChI is InChI=1S/C10H17N5S/c1-7(6-16-3)15(2)10-13-5-4-8(14-10)9(11)12/h4-5,7H,6H2,1-3H3,(H3,11,12). The number of hydrogen-bond acceptors (Lipinski definition) is 5. The molecular formula is C10H17N5S. The summed E-state index contributed by atoms with van der Waals surface area (Å²) < 4.78 is 0. The van der Waals surface area contributed by atoms with E-state index in [4.69, 9.17) is 11.1 Å². The number of nitrogens with two attached hydrogens (primary N) is 1. The summed E-state index contributed by atoms with van der Waals surface area (Å²) in [5, 5.41) is 7.33. The topological polar surface area (TPSA) is 78.9 Å². The van der Waals surface area contributed by atoms with Crippen LogP contribution in [-0.2, 0) is 0 Å². The fourth-order valence-corrected chi connectivity index (χ4v) is 1.92. The third kappa shape index (κ3) is 3.10. The number of aromatic nitrogens is 2. The Balaban J connectivity index is 2.86. The number of nitrogens with one attached hydrogen (secondary N) is 1. The van der Waals surface area contributed by atoms with Gasteiger partial charge in [-0.25, -0.2) is 9.97 Å². The second-order valence-electron chi connectivity index (χ2n) is 3.57. The summed E-state index contributed by atoms with van der Waals surface area (Å²) in [5.74, 6) is 1.58. The summed E-state index contributed by atoms with van der Waals surface area (Å²) in [7, 11) is 1.94. The summed E-state index contributed by atoms with van der Waals surface area (Å²) in [6.45, 7) is 2.11. The molecule has 0 saturated carbocycles. The molecule has 1 heterocycles. The van der Waals surface area contributed by atoms with Crippen molar-refractivity contribution >= 4 is 23.5 Å². The van der Waals surface area contributed by atoms with E-state index in [9.17, 15) is 0 Å². The molecular weight excluding hydrogens is 222 g/mol. The minimum atomic E-state index is -0.0328. The average molecular weight is 239 g/mol. The van der Waals surface area contributed by atoms with E-state index in [1.807, 2.05) is 11.9 Å². The van der Waals surface area contributed by atoms with Crippen molar-refractivity contribution in [2.75, 3.05) is 24.0 Å². The summed E-state index contributed by atoms with van der Waals surface area (Å²) in [5.41, 5.74) is 5.85. The van der Waals surface area contributed by atoms with Gasteiger partial charge in [0.15, 0.2) is 0 Å². The third-order valence-corrected chi connectivity index (χ3v) is 3.12. The zero-order valence-corrected chi connectivity index (χ0v) is 10.6. The van der Waals surface area contributed by atoms with Gasteiger partial charge < -0.3 is 10.6 Å². The van der Waals surface area contributed by atoms with E-state index in [-0.39, 0.29) is 5.84 Å². The quantitative estimate of drug-likeness (QED) is 0.591. The van der Waals surface area contributed by atoms with Gasteiger partial charge in [-0.2, -0.15) is 11.8 Å². The molecule has 0 radical (unpaired) electrons. The van der Waals surface area contributed by atoms with Crippen molar-refractivity contribution in [1.29, 1.82) is 5.41 Å². The SMILES string of the molecule is CSCC(C)N(C)c1nccc(C(=N)N)n1. The molecule has 1 aromatic rings. The molecule has 0 spiro atoms. The van der Waals surface area contributed by atoms with E-state index in [0.717, 1.165) is 5.75 Å². The van der Waals surface area contributed by atoms with E-state index in [1.54, 1.807) is 24.0 Å². The Hall–Kier alpha value is -1.30. The van der Waals surface area contributed by atoms with Gasteiger partial charge in [0.1, 0.15) is 11.5 Å². The lowest BCUT2D eigenvalue weighted by molar-refractivity contribution is 0.738. The molecule has 1 aromatic heterocycles. The number of hydrogen-bond donors (Lipinski definition) is 2. The molecule has 3 N–H and O–H groups in total. The maximum absolute atomic E-state index is 7.33. The van der Waals surface area contributed by atoms with Crippen LogP contribution >= 0.6 is 11.8 Å². The van der Waals surface area contributed by atoms with Crippen LogP contribution in [-0.4, -0.2) is 40.9 Å². The van der Waals surface area contributed by atoms with Crippen LogP contribution in [0.4, 0.5) is 5.95 Å². The first-order valence-electron chi connectivity index (χ1n) is 4.95. The lowest BCUT2D eigenvalue weighted by Crippen LogP contribution is -2.32.